The van der Waals surface area contributed by atoms with E-state index in [0.717, 1.165) is 35.4 Å². The Morgan fingerprint density at radius 2 is 1.24 bits per heavy atom. The maximum atomic E-state index is 13.0. The number of amides is 2. The standard InChI is InChI=1S/C26H29NO2.C16H20N4O6/c1-4-25(20-9-6-5-7-10-20)26(22-11-8-12-23(28)19-22)21-13-15-24(16-14-21)29-18-17-27(2)3;1-3-25-15(23)17-9-11(19-5-6-19)14(22)10(18-16(24)26-4-2)12(13(9)21)20-7-8-20/h5-16,19,28H,4,17-18H2,1-3H3;3-8H2,1-2H3,(H,17,23)(H,18,24)/b26-25+;. The van der Waals surface area contributed by atoms with Crippen molar-refractivity contribution in [3.05, 3.63) is 118 Å². The van der Waals surface area contributed by atoms with Crippen LogP contribution in [0, 0.1) is 0 Å². The van der Waals surface area contributed by atoms with Crippen LogP contribution in [0.5, 0.6) is 11.5 Å². The van der Waals surface area contributed by atoms with Crippen LogP contribution in [0.2, 0.25) is 0 Å². The van der Waals surface area contributed by atoms with Gasteiger partial charge in [-0.3, -0.25) is 20.2 Å². The van der Waals surface area contributed by atoms with Crippen LogP contribution in [0.3, 0.4) is 0 Å². The van der Waals surface area contributed by atoms with Gasteiger partial charge in [-0.25, -0.2) is 9.59 Å². The van der Waals surface area contributed by atoms with Crippen LogP contribution in [0.25, 0.3) is 11.1 Å². The molecule has 290 valence electrons. The lowest BCUT2D eigenvalue weighted by Crippen LogP contribution is -2.43. The molecule has 3 aliphatic rings. The molecule has 13 heteroatoms. The van der Waals surface area contributed by atoms with E-state index < -0.39 is 23.8 Å². The van der Waals surface area contributed by atoms with Crippen molar-refractivity contribution in [3.8, 4) is 11.5 Å². The highest BCUT2D eigenvalue weighted by molar-refractivity contribution is 6.26. The van der Waals surface area contributed by atoms with Gasteiger partial charge in [-0.2, -0.15) is 0 Å². The lowest BCUT2D eigenvalue weighted by atomic mass is 9.88. The van der Waals surface area contributed by atoms with Gasteiger partial charge in [0.25, 0.3) is 0 Å². The summed E-state index contributed by atoms with van der Waals surface area (Å²) < 4.78 is 15.5. The Bertz CT molecular complexity index is 1900. The highest BCUT2D eigenvalue weighted by Crippen LogP contribution is 2.36. The van der Waals surface area contributed by atoms with Gasteiger partial charge < -0.3 is 34.0 Å². The molecule has 0 atom stereocenters. The first-order chi connectivity index (χ1) is 26.6. The first-order valence-electron chi connectivity index (χ1n) is 18.5. The van der Waals surface area contributed by atoms with Crippen LogP contribution in [-0.2, 0) is 19.1 Å². The van der Waals surface area contributed by atoms with E-state index in [4.69, 9.17) is 14.2 Å². The summed E-state index contributed by atoms with van der Waals surface area (Å²) in [7, 11) is 4.07. The molecule has 0 bridgehead atoms. The lowest BCUT2D eigenvalue weighted by molar-refractivity contribution is -0.118. The quantitative estimate of drug-likeness (QED) is 0.111. The number of nitrogens with one attached hydrogen (secondary N) is 2. The number of phenolic OH excluding ortho intramolecular Hbond substituents is 1. The van der Waals surface area contributed by atoms with Crippen molar-refractivity contribution in [2.45, 2.75) is 27.2 Å². The Balaban J connectivity index is 0.000000212. The van der Waals surface area contributed by atoms with Crippen molar-refractivity contribution < 1.29 is 38.5 Å². The summed E-state index contributed by atoms with van der Waals surface area (Å²) in [6, 6.07) is 26.2. The van der Waals surface area contributed by atoms with Crippen LogP contribution in [-0.4, -0.2) is 110 Å². The lowest BCUT2D eigenvalue weighted by Gasteiger charge is -2.25. The molecular formula is C42H49N5O8. The number of allylic oxidation sites excluding steroid dienone is 1. The van der Waals surface area contributed by atoms with E-state index in [1.165, 1.54) is 11.1 Å². The van der Waals surface area contributed by atoms with E-state index in [1.54, 1.807) is 29.7 Å². The fraction of sp³-hybridized carbons (Fsp3) is 0.333. The average Bonchev–Trinajstić information content (AvgIpc) is 4.10. The summed E-state index contributed by atoms with van der Waals surface area (Å²) in [6.07, 6.45) is -0.735. The molecule has 0 radical (unpaired) electrons. The first-order valence-corrected chi connectivity index (χ1v) is 18.5. The normalized spacial score (nSPS) is 15.2. The zero-order valence-corrected chi connectivity index (χ0v) is 32.0. The SMILES string of the molecule is CC/C(=C(/c1ccc(OCCN(C)C)cc1)c1cccc(O)c1)c1ccccc1.CCOC(=O)NC1=C(N2CC2)C(=O)C(NC(=O)OCC)=C(N2CC2)C1=O. The predicted molar refractivity (Wildman–Crippen MR) is 209 cm³/mol. The molecule has 2 heterocycles. The molecule has 0 saturated carbocycles. The molecule has 1 aliphatic carbocycles. The molecule has 0 aromatic heterocycles. The fourth-order valence-corrected chi connectivity index (χ4v) is 6.01. The molecular weight excluding hydrogens is 702 g/mol. The van der Waals surface area contributed by atoms with Gasteiger partial charge in [0.05, 0.1) is 13.2 Å². The molecule has 3 N–H and O–H groups in total. The summed E-state index contributed by atoms with van der Waals surface area (Å²) in [5, 5.41) is 14.8. The maximum Gasteiger partial charge on any atom is 0.411 e. The second-order valence-electron chi connectivity index (χ2n) is 13.1. The van der Waals surface area contributed by atoms with Gasteiger partial charge in [-0.15, -0.1) is 0 Å². The third-order valence-electron chi connectivity index (χ3n) is 8.75. The molecule has 3 aromatic carbocycles. The predicted octanol–water partition coefficient (Wildman–Crippen LogP) is 5.39. The third kappa shape index (κ3) is 10.5. The number of Topliss-reactive ketones (excluding diaryl/α,β-unsaturated/α-hetero) is 2. The maximum absolute atomic E-state index is 13.0. The Kier molecular flexibility index (Phi) is 13.7. The summed E-state index contributed by atoms with van der Waals surface area (Å²) >= 11 is 0. The topological polar surface area (TPSA) is 150 Å². The number of likely N-dealkylation sites (N-methyl/N-ethyl adjacent to an activating group) is 1. The smallest absolute Gasteiger partial charge is 0.411 e. The number of carbonyl (C=O) groups is 4. The number of ether oxygens (including phenoxy) is 3. The minimum atomic E-state index is -0.810. The van der Waals surface area contributed by atoms with Crippen molar-refractivity contribution in [3.63, 3.8) is 0 Å². The molecule has 0 spiro atoms. The average molecular weight is 752 g/mol. The number of aromatic hydroxyl groups is 1. The van der Waals surface area contributed by atoms with Gasteiger partial charge in [-0.05, 0) is 86.5 Å². The van der Waals surface area contributed by atoms with Gasteiger partial charge in [-0.1, -0.05) is 61.5 Å². The molecule has 2 saturated heterocycles. The van der Waals surface area contributed by atoms with Crippen LogP contribution in [0.15, 0.2) is 102 Å². The first kappa shape index (κ1) is 40.1. The van der Waals surface area contributed by atoms with Gasteiger partial charge >= 0.3 is 12.2 Å². The minimum absolute atomic E-state index is 0.0560. The van der Waals surface area contributed by atoms with Gasteiger partial charge in [0, 0.05) is 32.7 Å². The summed E-state index contributed by atoms with van der Waals surface area (Å²) in [4.78, 5) is 55.0. The van der Waals surface area contributed by atoms with Crippen molar-refractivity contribution >= 4 is 34.9 Å². The summed E-state index contributed by atoms with van der Waals surface area (Å²) in [5.74, 6) is 0.0588. The zero-order chi connectivity index (χ0) is 39.5. The Labute approximate surface area is 321 Å². The highest BCUT2D eigenvalue weighted by atomic mass is 16.6. The number of hydrogen-bond acceptors (Lipinski definition) is 11. The molecule has 6 rings (SSSR count). The molecule has 13 nitrogen and oxygen atoms in total. The molecule has 2 aliphatic heterocycles. The largest absolute Gasteiger partial charge is 0.508 e. The summed E-state index contributed by atoms with van der Waals surface area (Å²) in [6.45, 7) is 9.55. The van der Waals surface area contributed by atoms with Crippen LogP contribution < -0.4 is 15.4 Å². The van der Waals surface area contributed by atoms with Crippen molar-refractivity contribution in [1.82, 2.24) is 25.3 Å². The van der Waals surface area contributed by atoms with E-state index in [9.17, 15) is 24.3 Å². The van der Waals surface area contributed by atoms with Gasteiger partial charge in [0.1, 0.15) is 40.9 Å². The molecule has 2 amide bonds. The van der Waals surface area contributed by atoms with Gasteiger partial charge in [0.15, 0.2) is 0 Å². The number of alkyl carbamates (subject to hydrolysis) is 2. The number of benzene rings is 3. The van der Waals surface area contributed by atoms with Crippen LogP contribution in [0.4, 0.5) is 9.59 Å². The van der Waals surface area contributed by atoms with E-state index in [0.29, 0.717) is 32.8 Å². The molecule has 3 aromatic rings. The number of phenols is 1. The van der Waals surface area contributed by atoms with E-state index in [1.807, 2.05) is 44.4 Å². The Morgan fingerprint density at radius 1 is 0.709 bits per heavy atom. The van der Waals surface area contributed by atoms with E-state index >= 15 is 0 Å². The Hall–Kier alpha value is -6.08. The number of carbonyl (C=O) groups excluding carboxylic acids is 4. The minimum Gasteiger partial charge on any atom is -0.508 e. The fourth-order valence-electron chi connectivity index (χ4n) is 6.01. The second-order valence-corrected chi connectivity index (χ2v) is 13.1. The van der Waals surface area contributed by atoms with Crippen molar-refractivity contribution in [1.29, 1.82) is 0 Å². The highest BCUT2D eigenvalue weighted by Gasteiger charge is 2.45. The monoisotopic (exact) mass is 751 g/mol. The zero-order valence-electron chi connectivity index (χ0n) is 32.0. The Morgan fingerprint density at radius 3 is 1.69 bits per heavy atom. The summed E-state index contributed by atoms with van der Waals surface area (Å²) in [5.41, 5.74) is 5.56. The molecule has 2 fully saturated rings. The number of rotatable bonds is 14. The number of nitrogens with zero attached hydrogens (tertiary/aromatic N) is 3. The van der Waals surface area contributed by atoms with Crippen molar-refractivity contribution in [2.24, 2.45) is 0 Å². The van der Waals surface area contributed by atoms with Gasteiger partial charge in [0.2, 0.25) is 11.6 Å². The van der Waals surface area contributed by atoms with E-state index in [2.05, 4.69) is 64.9 Å². The van der Waals surface area contributed by atoms with Crippen LogP contribution in [0.1, 0.15) is 43.9 Å². The van der Waals surface area contributed by atoms with Crippen molar-refractivity contribution in [2.75, 3.05) is 66.6 Å². The molecule has 55 heavy (non-hydrogen) atoms. The second kappa shape index (κ2) is 18.8. The number of ketones is 2. The van der Waals surface area contributed by atoms with E-state index in [-0.39, 0.29) is 41.8 Å². The molecule has 0 unspecified atom stereocenters. The number of hydrogen-bond donors (Lipinski definition) is 3. The van der Waals surface area contributed by atoms with Crippen LogP contribution >= 0.6 is 0 Å². The third-order valence-corrected chi connectivity index (χ3v) is 8.75.